The molecule has 0 aliphatic carbocycles. The predicted octanol–water partition coefficient (Wildman–Crippen LogP) is 21.1. The number of unbranched alkanes of at least 4 members (excludes halogenated alkanes) is 31. The topological polar surface area (TPSA) is 78.9 Å². The average Bonchev–Trinajstić information content (AvgIpc) is 3.39. The molecule has 73 heavy (non-hydrogen) atoms. The lowest BCUT2D eigenvalue weighted by Crippen LogP contribution is -2.30. The molecule has 6 heteroatoms. The van der Waals surface area contributed by atoms with Gasteiger partial charge in [0.05, 0.1) is 0 Å². The minimum Gasteiger partial charge on any atom is -0.462 e. The van der Waals surface area contributed by atoms with E-state index in [4.69, 9.17) is 14.2 Å². The van der Waals surface area contributed by atoms with E-state index < -0.39 is 6.10 Å². The fourth-order valence-electron chi connectivity index (χ4n) is 8.74. The molecule has 0 aromatic carbocycles. The zero-order valence-electron chi connectivity index (χ0n) is 48.1. The average molecular weight is 1020 g/mol. The Bertz CT molecular complexity index is 1400. The van der Waals surface area contributed by atoms with Crippen molar-refractivity contribution in [1.82, 2.24) is 0 Å². The molecule has 0 aromatic rings. The van der Waals surface area contributed by atoms with Crippen LogP contribution in [0, 0.1) is 0 Å². The van der Waals surface area contributed by atoms with E-state index >= 15 is 0 Å². The molecule has 0 radical (unpaired) electrons. The van der Waals surface area contributed by atoms with E-state index in [1.54, 1.807) is 0 Å². The molecule has 420 valence electrons. The van der Waals surface area contributed by atoms with Gasteiger partial charge in [-0.3, -0.25) is 14.4 Å². The first-order valence-corrected chi connectivity index (χ1v) is 31.1. The van der Waals surface area contributed by atoms with Gasteiger partial charge in [-0.2, -0.15) is 0 Å². The quantitative estimate of drug-likeness (QED) is 0.0261. The van der Waals surface area contributed by atoms with Gasteiger partial charge in [0, 0.05) is 19.3 Å². The van der Waals surface area contributed by atoms with Crippen LogP contribution in [0.25, 0.3) is 0 Å². The van der Waals surface area contributed by atoms with E-state index in [0.717, 1.165) is 109 Å². The molecular formula is C67H116O6. The Morgan fingerprint density at radius 3 is 0.836 bits per heavy atom. The third kappa shape index (κ3) is 59.3. The predicted molar refractivity (Wildman–Crippen MR) is 316 cm³/mol. The summed E-state index contributed by atoms with van der Waals surface area (Å²) in [5, 5.41) is 0. The third-order valence-corrected chi connectivity index (χ3v) is 13.4. The summed E-state index contributed by atoms with van der Waals surface area (Å²) in [7, 11) is 0. The van der Waals surface area contributed by atoms with E-state index in [1.807, 2.05) is 0 Å². The highest BCUT2D eigenvalue weighted by molar-refractivity contribution is 5.71. The van der Waals surface area contributed by atoms with Gasteiger partial charge in [0.2, 0.25) is 0 Å². The Morgan fingerprint density at radius 1 is 0.288 bits per heavy atom. The molecular weight excluding hydrogens is 901 g/mol. The smallest absolute Gasteiger partial charge is 0.306 e. The van der Waals surface area contributed by atoms with Crippen LogP contribution < -0.4 is 0 Å². The van der Waals surface area contributed by atoms with Crippen molar-refractivity contribution in [3.63, 3.8) is 0 Å². The first-order valence-electron chi connectivity index (χ1n) is 31.1. The minimum absolute atomic E-state index is 0.0788. The fraction of sp³-hybridized carbons (Fsp3) is 0.746. The summed E-state index contributed by atoms with van der Waals surface area (Å²) in [6.45, 7) is 6.45. The molecule has 0 bridgehead atoms. The van der Waals surface area contributed by atoms with Crippen LogP contribution in [0.3, 0.4) is 0 Å². The Kier molecular flexibility index (Phi) is 58.3. The summed E-state index contributed by atoms with van der Waals surface area (Å²) in [5.41, 5.74) is 0. The van der Waals surface area contributed by atoms with Gasteiger partial charge in [0.15, 0.2) is 6.10 Å². The first kappa shape index (κ1) is 69.6. The van der Waals surface area contributed by atoms with Crippen LogP contribution in [-0.2, 0) is 28.6 Å². The Morgan fingerprint density at radius 2 is 0.534 bits per heavy atom. The van der Waals surface area contributed by atoms with Gasteiger partial charge in [-0.1, -0.05) is 273 Å². The SMILES string of the molecule is CC/C=C\C/C=C\C/C=C\C/C=C\CCCCCCCCCCC(=O)OC(COC(=O)CCCCCCC)COC(=O)CCCCCCCCCCCCCCCC/C=C\C/C=C\C/C=C\CCCCCCC. The van der Waals surface area contributed by atoms with Crippen LogP contribution in [0.15, 0.2) is 85.1 Å². The Balaban J connectivity index is 4.04. The number of esters is 3. The molecule has 0 aliphatic heterocycles. The summed E-state index contributed by atoms with van der Waals surface area (Å²) < 4.78 is 16.8. The molecule has 0 amide bonds. The highest BCUT2D eigenvalue weighted by atomic mass is 16.6. The van der Waals surface area contributed by atoms with Crippen molar-refractivity contribution >= 4 is 17.9 Å². The Labute approximate surface area is 452 Å². The van der Waals surface area contributed by atoms with Crippen LogP contribution in [0.4, 0.5) is 0 Å². The molecule has 0 fully saturated rings. The summed E-state index contributed by atoms with van der Waals surface area (Å²) in [4.78, 5) is 37.9. The highest BCUT2D eigenvalue weighted by Crippen LogP contribution is 2.16. The maximum absolute atomic E-state index is 12.8. The van der Waals surface area contributed by atoms with Crippen molar-refractivity contribution in [2.24, 2.45) is 0 Å². The van der Waals surface area contributed by atoms with Crippen LogP contribution in [0.5, 0.6) is 0 Å². The lowest BCUT2D eigenvalue weighted by molar-refractivity contribution is -0.167. The monoisotopic (exact) mass is 1020 g/mol. The van der Waals surface area contributed by atoms with Crippen molar-refractivity contribution in [2.75, 3.05) is 13.2 Å². The van der Waals surface area contributed by atoms with Crippen LogP contribution in [0.1, 0.15) is 303 Å². The molecule has 6 nitrogen and oxygen atoms in total. The van der Waals surface area contributed by atoms with Crippen molar-refractivity contribution in [2.45, 2.75) is 309 Å². The number of carbonyl (C=O) groups is 3. The highest BCUT2D eigenvalue weighted by Gasteiger charge is 2.19. The summed E-state index contributed by atoms with van der Waals surface area (Å²) in [5.74, 6) is -0.894. The maximum atomic E-state index is 12.8. The van der Waals surface area contributed by atoms with Gasteiger partial charge in [-0.05, 0) is 96.3 Å². The number of hydrogen-bond acceptors (Lipinski definition) is 6. The van der Waals surface area contributed by atoms with E-state index in [2.05, 4.69) is 106 Å². The molecule has 0 heterocycles. The normalized spacial score (nSPS) is 12.6. The van der Waals surface area contributed by atoms with Gasteiger partial charge in [0.25, 0.3) is 0 Å². The molecule has 0 aliphatic rings. The third-order valence-electron chi connectivity index (χ3n) is 13.4. The lowest BCUT2D eigenvalue weighted by atomic mass is 10.0. The van der Waals surface area contributed by atoms with Crippen molar-refractivity contribution in [3.8, 4) is 0 Å². The fourth-order valence-corrected chi connectivity index (χ4v) is 8.74. The number of carbonyl (C=O) groups excluding carboxylic acids is 3. The van der Waals surface area contributed by atoms with Crippen LogP contribution >= 0.6 is 0 Å². The Hall–Kier alpha value is -3.41. The molecule has 0 rings (SSSR count). The summed E-state index contributed by atoms with van der Waals surface area (Å²) in [6.07, 6.45) is 80.6. The number of hydrogen-bond donors (Lipinski definition) is 0. The van der Waals surface area contributed by atoms with Crippen LogP contribution in [-0.4, -0.2) is 37.2 Å². The lowest BCUT2D eigenvalue weighted by Gasteiger charge is -2.18. The van der Waals surface area contributed by atoms with Crippen LogP contribution in [0.2, 0.25) is 0 Å². The largest absolute Gasteiger partial charge is 0.462 e. The van der Waals surface area contributed by atoms with Crippen molar-refractivity contribution in [3.05, 3.63) is 85.1 Å². The first-order chi connectivity index (χ1) is 36.0. The van der Waals surface area contributed by atoms with Gasteiger partial charge in [-0.15, -0.1) is 0 Å². The number of allylic oxidation sites excluding steroid dienone is 14. The second-order valence-electron chi connectivity index (χ2n) is 20.6. The zero-order valence-corrected chi connectivity index (χ0v) is 48.1. The molecule has 0 N–H and O–H groups in total. The molecule has 0 aromatic heterocycles. The minimum atomic E-state index is -0.778. The summed E-state index contributed by atoms with van der Waals surface area (Å²) in [6, 6.07) is 0. The standard InChI is InChI=1S/C67H116O6/c1-4-7-10-13-15-17-19-21-23-25-27-29-30-31-32-33-34-35-36-38-39-41-43-45-47-49-51-54-57-60-66(69)72-63-64(62-71-65(68)59-56-53-12-9-6-3)73-67(70)61-58-55-52-50-48-46-44-42-40-37-28-26-24-22-20-18-16-14-11-8-5-2/h8,11,16,18-19,21-22,24-25,27-28,30-31,37,64H,4-7,9-10,12-15,17,20,23,26,29,32-36,38-63H2,1-3H3/b11-8-,18-16-,21-19-,24-22-,27-25-,31-30-,37-28-. The molecule has 0 saturated carbocycles. The van der Waals surface area contributed by atoms with Crippen molar-refractivity contribution in [1.29, 1.82) is 0 Å². The molecule has 0 saturated heterocycles. The second kappa shape index (κ2) is 61.1. The molecule has 1 atom stereocenters. The van der Waals surface area contributed by atoms with Gasteiger partial charge in [-0.25, -0.2) is 0 Å². The number of ether oxygens (including phenoxy) is 3. The van der Waals surface area contributed by atoms with E-state index in [0.29, 0.717) is 19.3 Å². The van der Waals surface area contributed by atoms with E-state index in [9.17, 15) is 14.4 Å². The van der Waals surface area contributed by atoms with E-state index in [1.165, 1.54) is 154 Å². The zero-order chi connectivity index (χ0) is 52.9. The van der Waals surface area contributed by atoms with Gasteiger partial charge in [0.1, 0.15) is 13.2 Å². The van der Waals surface area contributed by atoms with Gasteiger partial charge >= 0.3 is 17.9 Å². The van der Waals surface area contributed by atoms with Gasteiger partial charge < -0.3 is 14.2 Å². The molecule has 1 unspecified atom stereocenters. The maximum Gasteiger partial charge on any atom is 0.306 e. The summed E-state index contributed by atoms with van der Waals surface area (Å²) >= 11 is 0. The molecule has 0 spiro atoms. The number of rotatable bonds is 56. The van der Waals surface area contributed by atoms with Crippen molar-refractivity contribution < 1.29 is 28.6 Å². The second-order valence-corrected chi connectivity index (χ2v) is 20.6. The van der Waals surface area contributed by atoms with E-state index in [-0.39, 0.29) is 31.1 Å².